The average Bonchev–Trinajstić information content (AvgIpc) is 3.07. The summed E-state index contributed by atoms with van der Waals surface area (Å²) in [5.74, 6) is -0.649. The third-order valence-corrected chi connectivity index (χ3v) is 5.26. The molecule has 6 nitrogen and oxygen atoms in total. The molecule has 1 aliphatic rings. The maximum atomic E-state index is 12.5. The third kappa shape index (κ3) is 5.47. The summed E-state index contributed by atoms with van der Waals surface area (Å²) in [6, 6.07) is 12.7. The van der Waals surface area contributed by atoms with Crippen molar-refractivity contribution < 1.29 is 14.4 Å². The van der Waals surface area contributed by atoms with E-state index in [4.69, 9.17) is 0 Å². The molecule has 3 amide bonds. The van der Waals surface area contributed by atoms with Gasteiger partial charge in [-0.2, -0.15) is 0 Å². The van der Waals surface area contributed by atoms with Crippen molar-refractivity contribution in [3.8, 4) is 0 Å². The molecule has 0 bridgehead atoms. The van der Waals surface area contributed by atoms with Gasteiger partial charge in [-0.15, -0.1) is 0 Å². The zero-order valence-electron chi connectivity index (χ0n) is 17.8. The number of hydrogen-bond acceptors (Lipinski definition) is 3. The Morgan fingerprint density at radius 2 is 1.67 bits per heavy atom. The van der Waals surface area contributed by atoms with Gasteiger partial charge < -0.3 is 15.5 Å². The van der Waals surface area contributed by atoms with Crippen LogP contribution in [0.3, 0.4) is 0 Å². The number of unbranched alkanes of at least 4 members (excludes halogenated alkanes) is 1. The van der Waals surface area contributed by atoms with Gasteiger partial charge in [-0.1, -0.05) is 19.4 Å². The van der Waals surface area contributed by atoms with Crippen LogP contribution < -0.4 is 10.6 Å². The van der Waals surface area contributed by atoms with E-state index in [1.165, 1.54) is 0 Å². The van der Waals surface area contributed by atoms with Crippen LogP contribution in [-0.4, -0.2) is 35.7 Å². The molecular weight excluding hydrogens is 378 g/mol. The van der Waals surface area contributed by atoms with Gasteiger partial charge in [0, 0.05) is 36.4 Å². The fourth-order valence-electron chi connectivity index (χ4n) is 3.71. The summed E-state index contributed by atoms with van der Waals surface area (Å²) >= 11 is 0. The minimum Gasteiger partial charge on any atom is -0.342 e. The van der Waals surface area contributed by atoms with Crippen molar-refractivity contribution in [2.45, 2.75) is 40.0 Å². The Kier molecular flexibility index (Phi) is 6.87. The van der Waals surface area contributed by atoms with Gasteiger partial charge in [0.15, 0.2) is 0 Å². The number of likely N-dealkylation sites (tertiary alicyclic amines) is 1. The molecule has 1 saturated heterocycles. The average molecular weight is 408 g/mol. The topological polar surface area (TPSA) is 78.5 Å². The van der Waals surface area contributed by atoms with Gasteiger partial charge in [0.05, 0.1) is 5.92 Å². The monoisotopic (exact) mass is 407 g/mol. The lowest BCUT2D eigenvalue weighted by atomic mass is 10.1. The van der Waals surface area contributed by atoms with E-state index in [-0.39, 0.29) is 30.1 Å². The van der Waals surface area contributed by atoms with Crippen molar-refractivity contribution in [1.29, 1.82) is 0 Å². The summed E-state index contributed by atoms with van der Waals surface area (Å²) in [6.45, 7) is 7.24. The summed E-state index contributed by atoms with van der Waals surface area (Å²) in [7, 11) is 0. The number of nitrogens with zero attached hydrogens (tertiary/aromatic N) is 1. The first-order chi connectivity index (χ1) is 14.4. The molecule has 1 unspecified atom stereocenters. The quantitative estimate of drug-likeness (QED) is 0.724. The molecule has 0 radical (unpaired) electrons. The highest BCUT2D eigenvalue weighted by atomic mass is 16.2. The van der Waals surface area contributed by atoms with Crippen molar-refractivity contribution >= 4 is 29.1 Å². The second kappa shape index (κ2) is 9.57. The maximum absolute atomic E-state index is 12.5. The summed E-state index contributed by atoms with van der Waals surface area (Å²) in [5.41, 5.74) is 4.05. The van der Waals surface area contributed by atoms with E-state index in [1.54, 1.807) is 29.2 Å². The molecule has 30 heavy (non-hydrogen) atoms. The Morgan fingerprint density at radius 3 is 2.30 bits per heavy atom. The molecule has 2 aromatic carbocycles. The Balaban J connectivity index is 1.57. The fraction of sp³-hybridized carbons (Fsp3) is 0.375. The molecule has 1 fully saturated rings. The molecular formula is C24H29N3O3. The van der Waals surface area contributed by atoms with Crippen LogP contribution in [0.2, 0.25) is 0 Å². The van der Waals surface area contributed by atoms with Gasteiger partial charge in [0.1, 0.15) is 0 Å². The number of rotatable bonds is 7. The molecule has 0 aliphatic carbocycles. The second-order valence-electron chi connectivity index (χ2n) is 7.99. The molecule has 0 saturated carbocycles. The van der Waals surface area contributed by atoms with Crippen LogP contribution in [0.15, 0.2) is 42.5 Å². The van der Waals surface area contributed by atoms with E-state index in [2.05, 4.69) is 17.6 Å². The maximum Gasteiger partial charge on any atom is 0.255 e. The second-order valence-corrected chi connectivity index (χ2v) is 7.99. The van der Waals surface area contributed by atoms with Crippen molar-refractivity contribution in [1.82, 2.24) is 4.90 Å². The van der Waals surface area contributed by atoms with Crippen molar-refractivity contribution in [3.05, 3.63) is 59.2 Å². The normalized spacial score (nSPS) is 15.9. The van der Waals surface area contributed by atoms with Gasteiger partial charge in [-0.05, 0) is 67.8 Å². The molecule has 1 atom stereocenters. The van der Waals surface area contributed by atoms with E-state index in [1.807, 2.05) is 32.0 Å². The molecule has 3 rings (SSSR count). The van der Waals surface area contributed by atoms with Gasteiger partial charge in [-0.25, -0.2) is 0 Å². The Bertz CT molecular complexity index is 917. The number of anilines is 2. The standard InChI is InChI=1S/C24H29N3O3/c1-4-5-10-27-15-19(14-22(27)28)24(30)25-20-8-6-18(7-9-20)23(29)26-21-12-16(2)11-17(3)13-21/h6-9,11-13,19H,4-5,10,14-15H2,1-3H3,(H,25,30)(H,26,29). The lowest BCUT2D eigenvalue weighted by molar-refractivity contribution is -0.128. The van der Waals surface area contributed by atoms with Crippen molar-refractivity contribution in [2.24, 2.45) is 5.92 Å². The van der Waals surface area contributed by atoms with E-state index in [0.29, 0.717) is 24.3 Å². The number of amides is 3. The molecule has 2 aromatic rings. The van der Waals surface area contributed by atoms with Crippen LogP contribution in [0.1, 0.15) is 47.7 Å². The highest BCUT2D eigenvalue weighted by molar-refractivity contribution is 6.05. The SMILES string of the molecule is CCCCN1CC(C(=O)Nc2ccc(C(=O)Nc3cc(C)cc(C)c3)cc2)CC1=O. The largest absolute Gasteiger partial charge is 0.342 e. The predicted octanol–water partition coefficient (Wildman–Crippen LogP) is 4.14. The van der Waals surface area contributed by atoms with Crippen LogP contribution in [0.25, 0.3) is 0 Å². The molecule has 0 spiro atoms. The number of carbonyl (C=O) groups is 3. The number of aryl methyl sites for hydroxylation is 2. The first-order valence-electron chi connectivity index (χ1n) is 10.4. The van der Waals surface area contributed by atoms with Crippen LogP contribution >= 0.6 is 0 Å². The molecule has 1 aliphatic heterocycles. The summed E-state index contributed by atoms with van der Waals surface area (Å²) in [4.78, 5) is 38.9. The Labute approximate surface area is 177 Å². The van der Waals surface area contributed by atoms with Crippen molar-refractivity contribution in [2.75, 3.05) is 23.7 Å². The van der Waals surface area contributed by atoms with E-state index >= 15 is 0 Å². The van der Waals surface area contributed by atoms with E-state index in [0.717, 1.165) is 29.7 Å². The van der Waals surface area contributed by atoms with E-state index in [9.17, 15) is 14.4 Å². The number of benzene rings is 2. The highest BCUT2D eigenvalue weighted by Crippen LogP contribution is 2.21. The van der Waals surface area contributed by atoms with Crippen LogP contribution in [0, 0.1) is 19.8 Å². The first kappa shape index (κ1) is 21.6. The zero-order chi connectivity index (χ0) is 21.7. The minimum absolute atomic E-state index is 0.0435. The van der Waals surface area contributed by atoms with Crippen LogP contribution in [-0.2, 0) is 9.59 Å². The number of nitrogens with one attached hydrogen (secondary N) is 2. The summed E-state index contributed by atoms with van der Waals surface area (Å²) in [6.07, 6.45) is 2.22. The number of hydrogen-bond donors (Lipinski definition) is 2. The van der Waals surface area contributed by atoms with Crippen molar-refractivity contribution in [3.63, 3.8) is 0 Å². The minimum atomic E-state index is -0.332. The van der Waals surface area contributed by atoms with Gasteiger partial charge in [0.25, 0.3) is 5.91 Å². The Hall–Kier alpha value is -3.15. The highest BCUT2D eigenvalue weighted by Gasteiger charge is 2.33. The lowest BCUT2D eigenvalue weighted by Gasteiger charge is -2.16. The molecule has 0 aromatic heterocycles. The number of carbonyl (C=O) groups excluding carboxylic acids is 3. The Morgan fingerprint density at radius 1 is 1.00 bits per heavy atom. The molecule has 1 heterocycles. The smallest absolute Gasteiger partial charge is 0.255 e. The summed E-state index contributed by atoms with van der Waals surface area (Å²) in [5, 5.41) is 5.76. The zero-order valence-corrected chi connectivity index (χ0v) is 17.8. The fourth-order valence-corrected chi connectivity index (χ4v) is 3.71. The predicted molar refractivity (Wildman–Crippen MR) is 119 cm³/mol. The molecule has 2 N–H and O–H groups in total. The molecule has 158 valence electrons. The van der Waals surface area contributed by atoms with Gasteiger partial charge in [0.2, 0.25) is 11.8 Å². The summed E-state index contributed by atoms with van der Waals surface area (Å²) < 4.78 is 0. The third-order valence-electron chi connectivity index (χ3n) is 5.26. The van der Waals surface area contributed by atoms with Gasteiger partial charge in [-0.3, -0.25) is 14.4 Å². The lowest BCUT2D eigenvalue weighted by Crippen LogP contribution is -2.29. The first-order valence-corrected chi connectivity index (χ1v) is 10.4. The van der Waals surface area contributed by atoms with E-state index < -0.39 is 0 Å². The van der Waals surface area contributed by atoms with Gasteiger partial charge >= 0.3 is 0 Å². The van der Waals surface area contributed by atoms with Crippen LogP contribution in [0.5, 0.6) is 0 Å². The van der Waals surface area contributed by atoms with Crippen LogP contribution in [0.4, 0.5) is 11.4 Å². The molecule has 6 heteroatoms.